The van der Waals surface area contributed by atoms with Gasteiger partial charge in [-0.3, -0.25) is 14.6 Å². The lowest BCUT2D eigenvalue weighted by Gasteiger charge is -2.32. The summed E-state index contributed by atoms with van der Waals surface area (Å²) in [5, 5.41) is 2.20. The van der Waals surface area contributed by atoms with Crippen LogP contribution in [0.25, 0.3) is 10.8 Å². The van der Waals surface area contributed by atoms with Crippen LogP contribution in [-0.4, -0.2) is 34.7 Å². The molecule has 4 nitrogen and oxygen atoms in total. The molecular formula is C22H20N2O2. The predicted molar refractivity (Wildman–Crippen MR) is 101 cm³/mol. The van der Waals surface area contributed by atoms with Gasteiger partial charge in [0.15, 0.2) is 5.78 Å². The summed E-state index contributed by atoms with van der Waals surface area (Å²) >= 11 is 0. The van der Waals surface area contributed by atoms with Crippen LogP contribution in [0.4, 0.5) is 0 Å². The van der Waals surface area contributed by atoms with Gasteiger partial charge in [-0.1, -0.05) is 36.4 Å². The van der Waals surface area contributed by atoms with Crippen LogP contribution in [0.15, 0.2) is 67.0 Å². The number of Topliss-reactive ketones (excluding diaryl/α,β-unsaturated/α-hetero) is 1. The maximum absolute atomic E-state index is 13.0. The minimum atomic E-state index is -0.143. The van der Waals surface area contributed by atoms with Crippen molar-refractivity contribution in [2.24, 2.45) is 5.92 Å². The molecule has 1 aromatic heterocycles. The van der Waals surface area contributed by atoms with Crippen molar-refractivity contribution in [3.05, 3.63) is 78.1 Å². The van der Waals surface area contributed by atoms with Crippen LogP contribution in [0.2, 0.25) is 0 Å². The lowest BCUT2D eigenvalue weighted by molar-refractivity contribution is 0.0637. The number of amides is 1. The quantitative estimate of drug-likeness (QED) is 0.676. The fourth-order valence-electron chi connectivity index (χ4n) is 3.63. The van der Waals surface area contributed by atoms with E-state index in [4.69, 9.17) is 0 Å². The van der Waals surface area contributed by atoms with Crippen molar-refractivity contribution in [1.29, 1.82) is 0 Å². The standard InChI is InChI=1S/C22H20N2O2/c25-21(19-8-7-16-4-1-2-5-18(16)14-19)20-6-3-13-24(15-20)22(26)17-9-11-23-12-10-17/h1-2,4-5,7-12,14,20H,3,6,13,15H2/t20-/m1/s1. The maximum atomic E-state index is 13.0. The lowest BCUT2D eigenvalue weighted by Crippen LogP contribution is -2.42. The SMILES string of the molecule is O=C(c1ccc2ccccc2c1)[C@@H]1CCCN(C(=O)c2ccncc2)C1. The largest absolute Gasteiger partial charge is 0.338 e. The Morgan fingerprint density at radius 1 is 0.923 bits per heavy atom. The van der Waals surface area contributed by atoms with Crippen molar-refractivity contribution in [2.45, 2.75) is 12.8 Å². The lowest BCUT2D eigenvalue weighted by atomic mass is 9.89. The van der Waals surface area contributed by atoms with Gasteiger partial charge >= 0.3 is 0 Å². The maximum Gasteiger partial charge on any atom is 0.253 e. The van der Waals surface area contributed by atoms with Gasteiger partial charge in [0.2, 0.25) is 0 Å². The Balaban J connectivity index is 1.53. The van der Waals surface area contributed by atoms with Crippen molar-refractivity contribution in [2.75, 3.05) is 13.1 Å². The highest BCUT2D eigenvalue weighted by Gasteiger charge is 2.29. The molecule has 0 bridgehead atoms. The topological polar surface area (TPSA) is 50.3 Å². The molecule has 4 heteroatoms. The number of carbonyl (C=O) groups is 2. The van der Waals surface area contributed by atoms with Crippen LogP contribution in [0.3, 0.4) is 0 Å². The highest BCUT2D eigenvalue weighted by atomic mass is 16.2. The van der Waals surface area contributed by atoms with Gasteiger partial charge in [-0.05, 0) is 41.8 Å². The minimum Gasteiger partial charge on any atom is -0.338 e. The molecular weight excluding hydrogens is 324 g/mol. The number of likely N-dealkylation sites (tertiary alicyclic amines) is 1. The summed E-state index contributed by atoms with van der Waals surface area (Å²) in [6.07, 6.45) is 4.91. The number of fused-ring (bicyclic) bond motifs is 1. The monoisotopic (exact) mass is 344 g/mol. The third-order valence-corrected chi connectivity index (χ3v) is 5.04. The Morgan fingerprint density at radius 2 is 1.69 bits per heavy atom. The first kappa shape index (κ1) is 16.5. The summed E-state index contributed by atoms with van der Waals surface area (Å²) in [5.41, 5.74) is 1.35. The Hall–Kier alpha value is -3.01. The van der Waals surface area contributed by atoms with Gasteiger partial charge in [0.05, 0.1) is 0 Å². The summed E-state index contributed by atoms with van der Waals surface area (Å²) < 4.78 is 0. The summed E-state index contributed by atoms with van der Waals surface area (Å²) in [6.45, 7) is 1.18. The number of pyridine rings is 1. The van der Waals surface area contributed by atoms with Crippen LogP contribution >= 0.6 is 0 Å². The third-order valence-electron chi connectivity index (χ3n) is 5.04. The summed E-state index contributed by atoms with van der Waals surface area (Å²) in [6, 6.07) is 17.3. The van der Waals surface area contributed by atoms with Crippen LogP contribution in [0.5, 0.6) is 0 Å². The highest BCUT2D eigenvalue weighted by Crippen LogP contribution is 2.24. The van der Waals surface area contributed by atoms with Gasteiger partial charge in [0.25, 0.3) is 5.91 Å². The predicted octanol–water partition coefficient (Wildman–Crippen LogP) is 3.97. The molecule has 0 unspecified atom stereocenters. The average Bonchev–Trinajstić information content (AvgIpc) is 2.73. The fourth-order valence-corrected chi connectivity index (χ4v) is 3.63. The number of hydrogen-bond acceptors (Lipinski definition) is 3. The van der Waals surface area contributed by atoms with Crippen LogP contribution < -0.4 is 0 Å². The van der Waals surface area contributed by atoms with E-state index < -0.39 is 0 Å². The zero-order valence-electron chi connectivity index (χ0n) is 14.5. The molecule has 0 radical (unpaired) electrons. The Bertz CT molecular complexity index is 953. The van der Waals surface area contributed by atoms with E-state index >= 15 is 0 Å². The first-order valence-electron chi connectivity index (χ1n) is 8.95. The van der Waals surface area contributed by atoms with Gasteiger partial charge in [0, 0.05) is 42.5 Å². The summed E-state index contributed by atoms with van der Waals surface area (Å²) in [5.74, 6) is -0.0397. The van der Waals surface area contributed by atoms with Gasteiger partial charge in [0.1, 0.15) is 0 Å². The molecule has 0 N–H and O–H groups in total. The van der Waals surface area contributed by atoms with Crippen molar-refractivity contribution >= 4 is 22.5 Å². The molecule has 2 aromatic carbocycles. The molecule has 26 heavy (non-hydrogen) atoms. The average molecular weight is 344 g/mol. The molecule has 0 aliphatic carbocycles. The second-order valence-corrected chi connectivity index (χ2v) is 6.75. The van der Waals surface area contributed by atoms with Crippen molar-refractivity contribution in [3.8, 4) is 0 Å². The molecule has 0 saturated carbocycles. The van der Waals surface area contributed by atoms with E-state index in [1.807, 2.05) is 42.5 Å². The molecule has 1 atom stereocenters. The molecule has 1 aliphatic rings. The van der Waals surface area contributed by atoms with E-state index in [1.165, 1.54) is 0 Å². The number of piperidine rings is 1. The molecule has 130 valence electrons. The molecule has 0 spiro atoms. The highest BCUT2D eigenvalue weighted by molar-refractivity contribution is 6.02. The molecule has 4 rings (SSSR count). The van der Waals surface area contributed by atoms with Crippen molar-refractivity contribution < 1.29 is 9.59 Å². The van der Waals surface area contributed by atoms with Crippen LogP contribution in [0, 0.1) is 5.92 Å². The number of rotatable bonds is 3. The second-order valence-electron chi connectivity index (χ2n) is 6.75. The Kier molecular flexibility index (Phi) is 4.48. The zero-order valence-corrected chi connectivity index (χ0v) is 14.5. The zero-order chi connectivity index (χ0) is 17.9. The minimum absolute atomic E-state index is 0.0246. The number of hydrogen-bond donors (Lipinski definition) is 0. The first-order valence-corrected chi connectivity index (χ1v) is 8.95. The molecule has 1 aliphatic heterocycles. The van der Waals surface area contributed by atoms with Crippen molar-refractivity contribution in [3.63, 3.8) is 0 Å². The Morgan fingerprint density at radius 3 is 2.50 bits per heavy atom. The van der Waals surface area contributed by atoms with Gasteiger partial charge in [-0.15, -0.1) is 0 Å². The number of nitrogens with zero attached hydrogens (tertiary/aromatic N) is 2. The molecule has 1 saturated heterocycles. The molecule has 1 fully saturated rings. The van der Waals surface area contributed by atoms with Crippen LogP contribution in [0.1, 0.15) is 33.6 Å². The van der Waals surface area contributed by atoms with E-state index in [0.717, 1.165) is 29.2 Å². The van der Waals surface area contributed by atoms with E-state index in [9.17, 15) is 9.59 Å². The summed E-state index contributed by atoms with van der Waals surface area (Å²) in [4.78, 5) is 31.4. The van der Waals surface area contributed by atoms with Gasteiger partial charge in [-0.25, -0.2) is 0 Å². The number of ketones is 1. The van der Waals surface area contributed by atoms with E-state index in [-0.39, 0.29) is 17.6 Å². The Labute approximate surface area is 152 Å². The normalized spacial score (nSPS) is 17.2. The number of aromatic nitrogens is 1. The molecule has 2 heterocycles. The van der Waals surface area contributed by atoms with Crippen molar-refractivity contribution in [1.82, 2.24) is 9.88 Å². The fraction of sp³-hybridized carbons (Fsp3) is 0.227. The smallest absolute Gasteiger partial charge is 0.253 e. The van der Waals surface area contributed by atoms with Gasteiger partial charge in [-0.2, -0.15) is 0 Å². The van der Waals surface area contributed by atoms with E-state index in [0.29, 0.717) is 18.7 Å². The van der Waals surface area contributed by atoms with E-state index in [1.54, 1.807) is 29.4 Å². The number of benzene rings is 2. The second kappa shape index (κ2) is 7.08. The molecule has 1 amide bonds. The van der Waals surface area contributed by atoms with Crippen LogP contribution in [-0.2, 0) is 0 Å². The number of carbonyl (C=O) groups excluding carboxylic acids is 2. The van der Waals surface area contributed by atoms with Gasteiger partial charge < -0.3 is 4.90 Å². The summed E-state index contributed by atoms with van der Waals surface area (Å²) in [7, 11) is 0. The molecule has 3 aromatic rings. The van der Waals surface area contributed by atoms with E-state index in [2.05, 4.69) is 4.98 Å². The third kappa shape index (κ3) is 3.23. The first-order chi connectivity index (χ1) is 12.7.